The van der Waals surface area contributed by atoms with Crippen molar-refractivity contribution in [3.05, 3.63) is 28.8 Å². The van der Waals surface area contributed by atoms with Crippen LogP contribution >= 0.6 is 11.6 Å². The molecule has 0 aromatic heterocycles. The predicted molar refractivity (Wildman–Crippen MR) is 63.8 cm³/mol. The van der Waals surface area contributed by atoms with E-state index in [1.165, 1.54) is 7.11 Å². The number of esters is 1. The molecule has 1 heterocycles. The smallest absolute Gasteiger partial charge is 0.331 e. The minimum atomic E-state index is -0.629. The summed E-state index contributed by atoms with van der Waals surface area (Å²) in [4.78, 5) is 11.7. The van der Waals surface area contributed by atoms with Gasteiger partial charge in [-0.1, -0.05) is 11.6 Å². The van der Waals surface area contributed by atoms with Gasteiger partial charge >= 0.3 is 5.97 Å². The monoisotopic (exact) mass is 239 g/mol. The van der Waals surface area contributed by atoms with Crippen LogP contribution in [-0.2, 0) is 16.0 Å². The molecule has 1 aromatic rings. The van der Waals surface area contributed by atoms with Crippen LogP contribution in [0.4, 0.5) is 5.69 Å². The molecule has 0 saturated carbocycles. The third kappa shape index (κ3) is 1.87. The second kappa shape index (κ2) is 3.98. The number of hydrogen-bond donors (Lipinski definition) is 1. The van der Waals surface area contributed by atoms with E-state index in [-0.39, 0.29) is 5.97 Å². The molecule has 2 rings (SSSR count). The Balaban J connectivity index is 2.30. The van der Waals surface area contributed by atoms with Crippen molar-refractivity contribution in [3.8, 4) is 0 Å². The number of hydrogen-bond acceptors (Lipinski definition) is 3. The Kier molecular flexibility index (Phi) is 2.80. The number of ether oxygens (including phenoxy) is 1. The van der Waals surface area contributed by atoms with Gasteiger partial charge in [-0.2, -0.15) is 0 Å². The number of fused-ring (bicyclic) bond motifs is 1. The van der Waals surface area contributed by atoms with Crippen molar-refractivity contribution >= 4 is 23.3 Å². The molecule has 16 heavy (non-hydrogen) atoms. The molecule has 0 amide bonds. The van der Waals surface area contributed by atoms with E-state index in [0.717, 1.165) is 22.7 Å². The van der Waals surface area contributed by atoms with Crippen molar-refractivity contribution in [2.45, 2.75) is 25.3 Å². The minimum absolute atomic E-state index is 0.229. The molecule has 1 aliphatic heterocycles. The third-order valence-electron chi connectivity index (χ3n) is 3.01. The molecular weight excluding hydrogens is 226 g/mol. The van der Waals surface area contributed by atoms with Gasteiger partial charge in [-0.25, -0.2) is 4.79 Å². The predicted octanol–water partition coefficient (Wildman–Crippen LogP) is 2.63. The first-order chi connectivity index (χ1) is 7.55. The average Bonchev–Trinajstić information content (AvgIpc) is 2.28. The number of rotatable bonds is 1. The zero-order valence-corrected chi connectivity index (χ0v) is 10.1. The number of halogens is 1. The lowest BCUT2D eigenvalue weighted by Gasteiger charge is -2.34. The zero-order chi connectivity index (χ0) is 11.8. The summed E-state index contributed by atoms with van der Waals surface area (Å²) in [6, 6.07) is 5.65. The number of methoxy groups -OCH3 is 1. The summed E-state index contributed by atoms with van der Waals surface area (Å²) in [6.07, 6.45) is 1.54. The van der Waals surface area contributed by atoms with Crippen molar-refractivity contribution in [1.82, 2.24) is 0 Å². The van der Waals surface area contributed by atoms with Gasteiger partial charge in [-0.05, 0) is 43.5 Å². The summed E-state index contributed by atoms with van der Waals surface area (Å²) >= 11 is 5.92. The number of anilines is 1. The van der Waals surface area contributed by atoms with E-state index in [2.05, 4.69) is 5.32 Å². The third-order valence-corrected chi connectivity index (χ3v) is 3.24. The molecular formula is C12H14ClNO2. The van der Waals surface area contributed by atoms with Gasteiger partial charge in [0.25, 0.3) is 0 Å². The van der Waals surface area contributed by atoms with Crippen LogP contribution in [0.15, 0.2) is 18.2 Å². The Morgan fingerprint density at radius 1 is 1.56 bits per heavy atom. The molecule has 1 atom stereocenters. The van der Waals surface area contributed by atoms with Crippen LogP contribution in [0.1, 0.15) is 18.9 Å². The summed E-state index contributed by atoms with van der Waals surface area (Å²) in [7, 11) is 1.41. The Hall–Kier alpha value is -1.22. The SMILES string of the molecule is COC(=O)C1(C)CCc2cc(Cl)ccc2N1. The summed E-state index contributed by atoms with van der Waals surface area (Å²) in [5.74, 6) is -0.229. The Morgan fingerprint density at radius 3 is 3.00 bits per heavy atom. The summed E-state index contributed by atoms with van der Waals surface area (Å²) in [5, 5.41) is 3.94. The molecule has 0 radical (unpaired) electrons. The van der Waals surface area contributed by atoms with Gasteiger partial charge in [0, 0.05) is 10.7 Å². The maximum Gasteiger partial charge on any atom is 0.331 e. The van der Waals surface area contributed by atoms with Crippen molar-refractivity contribution in [3.63, 3.8) is 0 Å². The van der Waals surface area contributed by atoms with E-state index in [4.69, 9.17) is 16.3 Å². The molecule has 1 N–H and O–H groups in total. The van der Waals surface area contributed by atoms with E-state index < -0.39 is 5.54 Å². The molecule has 0 saturated heterocycles. The highest BCUT2D eigenvalue weighted by atomic mass is 35.5. The van der Waals surface area contributed by atoms with E-state index in [1.807, 2.05) is 25.1 Å². The van der Waals surface area contributed by atoms with E-state index >= 15 is 0 Å². The van der Waals surface area contributed by atoms with E-state index in [0.29, 0.717) is 6.42 Å². The minimum Gasteiger partial charge on any atom is -0.467 e. The molecule has 0 fully saturated rings. The molecule has 3 nitrogen and oxygen atoms in total. The van der Waals surface area contributed by atoms with Gasteiger partial charge in [0.2, 0.25) is 0 Å². The highest BCUT2D eigenvalue weighted by Gasteiger charge is 2.37. The second-order valence-corrected chi connectivity index (χ2v) is 4.69. The maximum absolute atomic E-state index is 11.7. The lowest BCUT2D eigenvalue weighted by molar-refractivity contribution is -0.145. The topological polar surface area (TPSA) is 38.3 Å². The molecule has 1 aliphatic rings. The van der Waals surface area contributed by atoms with Crippen LogP contribution in [0.5, 0.6) is 0 Å². The first kappa shape index (κ1) is 11.3. The van der Waals surface area contributed by atoms with Crippen LogP contribution in [0.25, 0.3) is 0 Å². The first-order valence-corrected chi connectivity index (χ1v) is 5.58. The van der Waals surface area contributed by atoms with Crippen LogP contribution < -0.4 is 5.32 Å². The van der Waals surface area contributed by atoms with Gasteiger partial charge in [0.1, 0.15) is 5.54 Å². The van der Waals surface area contributed by atoms with Gasteiger partial charge in [-0.3, -0.25) is 0 Å². The Labute approximate surface area is 99.7 Å². The molecule has 4 heteroatoms. The molecule has 1 aromatic carbocycles. The van der Waals surface area contributed by atoms with Crippen molar-refractivity contribution < 1.29 is 9.53 Å². The van der Waals surface area contributed by atoms with Gasteiger partial charge in [0.05, 0.1) is 7.11 Å². The zero-order valence-electron chi connectivity index (χ0n) is 9.34. The summed E-state index contributed by atoms with van der Waals surface area (Å²) < 4.78 is 4.80. The molecule has 0 bridgehead atoms. The first-order valence-electron chi connectivity index (χ1n) is 5.20. The standard InChI is InChI=1S/C12H14ClNO2/c1-12(11(15)16-2)6-5-8-7-9(13)3-4-10(8)14-12/h3-4,7,14H,5-6H2,1-2H3. The molecule has 86 valence electrons. The number of benzene rings is 1. The fraction of sp³-hybridized carbons (Fsp3) is 0.417. The highest BCUT2D eigenvalue weighted by molar-refractivity contribution is 6.30. The maximum atomic E-state index is 11.7. The number of aryl methyl sites for hydroxylation is 1. The van der Waals surface area contributed by atoms with Crippen molar-refractivity contribution in [2.75, 3.05) is 12.4 Å². The fourth-order valence-corrected chi connectivity index (χ4v) is 2.21. The highest BCUT2D eigenvalue weighted by Crippen LogP contribution is 2.32. The summed E-state index contributed by atoms with van der Waals surface area (Å²) in [5.41, 5.74) is 1.48. The quantitative estimate of drug-likeness (QED) is 0.766. The second-order valence-electron chi connectivity index (χ2n) is 4.25. The van der Waals surface area contributed by atoms with Gasteiger partial charge in [0.15, 0.2) is 0 Å². The number of carbonyl (C=O) groups excluding carboxylic acids is 1. The Morgan fingerprint density at radius 2 is 2.31 bits per heavy atom. The molecule has 0 aliphatic carbocycles. The van der Waals surface area contributed by atoms with Gasteiger partial charge < -0.3 is 10.1 Å². The average molecular weight is 240 g/mol. The van der Waals surface area contributed by atoms with Crippen molar-refractivity contribution in [1.29, 1.82) is 0 Å². The van der Waals surface area contributed by atoms with E-state index in [9.17, 15) is 4.79 Å². The lowest BCUT2D eigenvalue weighted by Crippen LogP contribution is -2.46. The summed E-state index contributed by atoms with van der Waals surface area (Å²) in [6.45, 7) is 1.86. The number of carbonyl (C=O) groups is 1. The molecule has 1 unspecified atom stereocenters. The van der Waals surface area contributed by atoms with Crippen LogP contribution in [0.3, 0.4) is 0 Å². The van der Waals surface area contributed by atoms with Crippen LogP contribution in [-0.4, -0.2) is 18.6 Å². The van der Waals surface area contributed by atoms with Crippen molar-refractivity contribution in [2.24, 2.45) is 0 Å². The van der Waals surface area contributed by atoms with Crippen LogP contribution in [0.2, 0.25) is 5.02 Å². The van der Waals surface area contributed by atoms with Gasteiger partial charge in [-0.15, -0.1) is 0 Å². The Bertz CT molecular complexity index is 433. The molecule has 0 spiro atoms. The lowest BCUT2D eigenvalue weighted by atomic mass is 9.88. The normalized spacial score (nSPS) is 23.2. The number of nitrogens with one attached hydrogen (secondary N) is 1. The van der Waals surface area contributed by atoms with E-state index in [1.54, 1.807) is 0 Å². The largest absolute Gasteiger partial charge is 0.467 e. The fourth-order valence-electron chi connectivity index (χ4n) is 2.01. The van der Waals surface area contributed by atoms with Crippen LogP contribution in [0, 0.1) is 0 Å².